The minimum atomic E-state index is -3.36. The second-order valence-corrected chi connectivity index (χ2v) is 8.36. The summed E-state index contributed by atoms with van der Waals surface area (Å²) in [5.41, 5.74) is 1.76. The van der Waals surface area contributed by atoms with Crippen molar-refractivity contribution in [1.29, 1.82) is 0 Å². The van der Waals surface area contributed by atoms with Crippen molar-refractivity contribution < 1.29 is 13.2 Å². The van der Waals surface area contributed by atoms with Crippen LogP contribution >= 0.6 is 11.3 Å². The minimum absolute atomic E-state index is 0.0551. The predicted molar refractivity (Wildman–Crippen MR) is 81.6 cm³/mol. The summed E-state index contributed by atoms with van der Waals surface area (Å²) < 4.78 is 22.6. The Hall–Kier alpha value is -1.60. The zero-order valence-corrected chi connectivity index (χ0v) is 13.7. The van der Waals surface area contributed by atoms with Crippen LogP contribution in [0.2, 0.25) is 0 Å². The summed E-state index contributed by atoms with van der Waals surface area (Å²) in [6, 6.07) is 7.44. The third-order valence-corrected chi connectivity index (χ3v) is 5.57. The molecule has 0 saturated heterocycles. The van der Waals surface area contributed by atoms with Crippen molar-refractivity contribution in [3.05, 3.63) is 40.4 Å². The Bertz CT molecular complexity index is 747. The molecule has 0 aliphatic carbocycles. The van der Waals surface area contributed by atoms with Crippen LogP contribution < -0.4 is 0 Å². The van der Waals surface area contributed by atoms with Gasteiger partial charge in [0.2, 0.25) is 14.2 Å². The van der Waals surface area contributed by atoms with Gasteiger partial charge in [0.25, 0.3) is 0 Å². The number of aromatic nitrogens is 2. The van der Waals surface area contributed by atoms with Gasteiger partial charge in [-0.15, -0.1) is 10.2 Å². The Morgan fingerprint density at radius 1 is 1.19 bits per heavy atom. The van der Waals surface area contributed by atoms with Crippen LogP contribution in [0.3, 0.4) is 0 Å². The molecule has 0 N–H and O–H groups in total. The minimum Gasteiger partial charge on any atom is -0.294 e. The smallest absolute Gasteiger partial charge is 0.232 e. The van der Waals surface area contributed by atoms with Crippen molar-refractivity contribution in [2.75, 3.05) is 6.26 Å². The summed E-state index contributed by atoms with van der Waals surface area (Å²) in [6.45, 7) is 4.18. The molecule has 0 bridgehead atoms. The molecule has 0 aliphatic rings. The zero-order valence-electron chi connectivity index (χ0n) is 12.0. The molecule has 0 aliphatic heterocycles. The molecular formula is C14H16N2O3S2. The predicted octanol–water partition coefficient (Wildman–Crippen LogP) is 2.49. The Labute approximate surface area is 128 Å². The van der Waals surface area contributed by atoms with Gasteiger partial charge >= 0.3 is 0 Å². The number of nitrogens with zero attached hydrogens (tertiary/aromatic N) is 2. The Morgan fingerprint density at radius 2 is 1.81 bits per heavy atom. The first-order chi connectivity index (χ1) is 9.77. The van der Waals surface area contributed by atoms with Gasteiger partial charge in [-0.1, -0.05) is 49.4 Å². The molecule has 0 radical (unpaired) electrons. The van der Waals surface area contributed by atoms with E-state index in [0.717, 1.165) is 17.6 Å². The Balaban J connectivity index is 2.12. The molecule has 0 atom stereocenters. The SMILES string of the molecule is CC(C)c1ccc(C(=O)Cc2nnc(S(C)(=O)=O)s2)cc1. The fourth-order valence-electron chi connectivity index (χ4n) is 1.75. The molecule has 5 nitrogen and oxygen atoms in total. The second kappa shape index (κ2) is 6.03. The number of Topliss-reactive ketones (excluding diaryl/α,β-unsaturated/α-hetero) is 1. The molecule has 112 valence electrons. The van der Waals surface area contributed by atoms with Gasteiger partial charge in [-0.3, -0.25) is 4.79 Å². The van der Waals surface area contributed by atoms with Gasteiger partial charge in [0.15, 0.2) is 5.78 Å². The van der Waals surface area contributed by atoms with Crippen molar-refractivity contribution in [1.82, 2.24) is 10.2 Å². The lowest BCUT2D eigenvalue weighted by atomic mass is 10.00. The molecule has 2 aromatic rings. The zero-order chi connectivity index (χ0) is 15.6. The molecule has 1 aromatic heterocycles. The maximum atomic E-state index is 12.1. The molecule has 1 aromatic carbocycles. The summed E-state index contributed by atoms with van der Waals surface area (Å²) in [5, 5.41) is 7.77. The topological polar surface area (TPSA) is 77.0 Å². The molecule has 1 heterocycles. The van der Waals surface area contributed by atoms with Crippen molar-refractivity contribution in [2.24, 2.45) is 0 Å². The van der Waals surface area contributed by atoms with Gasteiger partial charge in [0.05, 0.1) is 6.42 Å². The fraction of sp³-hybridized carbons (Fsp3) is 0.357. The Kier molecular flexibility index (Phi) is 4.53. The van der Waals surface area contributed by atoms with E-state index < -0.39 is 9.84 Å². The molecule has 0 unspecified atom stereocenters. The molecule has 0 amide bonds. The lowest BCUT2D eigenvalue weighted by Gasteiger charge is -2.05. The van der Waals surface area contributed by atoms with E-state index in [1.807, 2.05) is 12.1 Å². The van der Waals surface area contributed by atoms with Crippen molar-refractivity contribution in [3.63, 3.8) is 0 Å². The quantitative estimate of drug-likeness (QED) is 0.790. The maximum Gasteiger partial charge on any atom is 0.232 e. The summed E-state index contributed by atoms with van der Waals surface area (Å²) in [7, 11) is -3.36. The highest BCUT2D eigenvalue weighted by atomic mass is 32.2. The number of benzene rings is 1. The van der Waals surface area contributed by atoms with Crippen LogP contribution in [0.25, 0.3) is 0 Å². The van der Waals surface area contributed by atoms with Crippen LogP contribution in [0.5, 0.6) is 0 Å². The first kappa shape index (κ1) is 15.8. The highest BCUT2D eigenvalue weighted by Crippen LogP contribution is 2.19. The number of carbonyl (C=O) groups excluding carboxylic acids is 1. The van der Waals surface area contributed by atoms with E-state index in [2.05, 4.69) is 24.0 Å². The summed E-state index contributed by atoms with van der Waals surface area (Å²) >= 11 is 0.940. The first-order valence-electron chi connectivity index (χ1n) is 6.43. The van der Waals surface area contributed by atoms with E-state index in [0.29, 0.717) is 16.5 Å². The van der Waals surface area contributed by atoms with Crippen molar-refractivity contribution in [2.45, 2.75) is 30.5 Å². The molecule has 2 rings (SSSR count). The number of rotatable bonds is 5. The normalized spacial score (nSPS) is 11.8. The highest BCUT2D eigenvalue weighted by molar-refractivity contribution is 7.92. The number of carbonyl (C=O) groups is 1. The van der Waals surface area contributed by atoms with Crippen LogP contribution in [-0.4, -0.2) is 30.7 Å². The number of hydrogen-bond acceptors (Lipinski definition) is 6. The fourth-order valence-corrected chi connectivity index (χ4v) is 3.40. The van der Waals surface area contributed by atoms with E-state index in [4.69, 9.17) is 0 Å². The standard InChI is InChI=1S/C14H16N2O3S2/c1-9(2)10-4-6-11(7-5-10)12(17)8-13-15-16-14(20-13)21(3,18)19/h4-7,9H,8H2,1-3H3. The second-order valence-electron chi connectivity index (χ2n) is 5.11. The first-order valence-corrected chi connectivity index (χ1v) is 9.14. The van der Waals surface area contributed by atoms with Crippen LogP contribution in [0.4, 0.5) is 0 Å². The summed E-state index contributed by atoms with van der Waals surface area (Å²) in [4.78, 5) is 12.1. The van der Waals surface area contributed by atoms with E-state index in [1.165, 1.54) is 5.56 Å². The van der Waals surface area contributed by atoms with Crippen LogP contribution in [-0.2, 0) is 16.3 Å². The largest absolute Gasteiger partial charge is 0.294 e. The number of sulfone groups is 1. The van der Waals surface area contributed by atoms with E-state index in [9.17, 15) is 13.2 Å². The molecule has 0 saturated carbocycles. The Morgan fingerprint density at radius 3 is 2.29 bits per heavy atom. The van der Waals surface area contributed by atoms with Gasteiger partial charge < -0.3 is 0 Å². The van der Waals surface area contributed by atoms with Crippen LogP contribution in [0.1, 0.15) is 40.7 Å². The monoisotopic (exact) mass is 324 g/mol. The molecule has 21 heavy (non-hydrogen) atoms. The highest BCUT2D eigenvalue weighted by Gasteiger charge is 2.17. The molecular weight excluding hydrogens is 308 g/mol. The average Bonchev–Trinajstić information content (AvgIpc) is 2.87. The van der Waals surface area contributed by atoms with Gasteiger partial charge in [-0.25, -0.2) is 8.42 Å². The summed E-state index contributed by atoms with van der Waals surface area (Å²) in [6.07, 6.45) is 1.14. The summed E-state index contributed by atoms with van der Waals surface area (Å²) in [5.74, 6) is 0.316. The average molecular weight is 324 g/mol. The van der Waals surface area contributed by atoms with Gasteiger partial charge in [-0.05, 0) is 11.5 Å². The molecule has 0 fully saturated rings. The molecule has 0 spiro atoms. The number of ketones is 1. The van der Waals surface area contributed by atoms with Gasteiger partial charge in [-0.2, -0.15) is 0 Å². The van der Waals surface area contributed by atoms with Crippen LogP contribution in [0, 0.1) is 0 Å². The van der Waals surface area contributed by atoms with Gasteiger partial charge in [0, 0.05) is 11.8 Å². The third kappa shape index (κ3) is 3.95. The molecule has 7 heteroatoms. The lowest BCUT2D eigenvalue weighted by Crippen LogP contribution is -2.03. The van der Waals surface area contributed by atoms with Crippen molar-refractivity contribution >= 4 is 27.0 Å². The number of hydrogen-bond donors (Lipinski definition) is 0. The van der Waals surface area contributed by atoms with E-state index in [-0.39, 0.29) is 16.5 Å². The third-order valence-electron chi connectivity index (χ3n) is 2.98. The van der Waals surface area contributed by atoms with Crippen LogP contribution in [0.15, 0.2) is 28.6 Å². The van der Waals surface area contributed by atoms with E-state index in [1.54, 1.807) is 12.1 Å². The van der Waals surface area contributed by atoms with Crippen molar-refractivity contribution in [3.8, 4) is 0 Å². The van der Waals surface area contributed by atoms with E-state index >= 15 is 0 Å². The maximum absolute atomic E-state index is 12.1. The lowest BCUT2D eigenvalue weighted by molar-refractivity contribution is 0.0992. The van der Waals surface area contributed by atoms with Gasteiger partial charge in [0.1, 0.15) is 5.01 Å².